The molecule has 1 aromatic carbocycles. The van der Waals surface area contributed by atoms with E-state index in [1.54, 1.807) is 0 Å². The zero-order chi connectivity index (χ0) is 25.2. The van der Waals surface area contributed by atoms with Crippen molar-refractivity contribution in [3.05, 3.63) is 70.0 Å². The van der Waals surface area contributed by atoms with Gasteiger partial charge in [0.05, 0.1) is 24.0 Å². The van der Waals surface area contributed by atoms with Crippen LogP contribution in [0.25, 0.3) is 0 Å². The third kappa shape index (κ3) is 5.38. The molecule has 3 heterocycles. The number of pyridine rings is 1. The molecule has 1 atom stereocenters. The van der Waals surface area contributed by atoms with Gasteiger partial charge < -0.3 is 9.47 Å². The first kappa shape index (κ1) is 24.5. The Morgan fingerprint density at radius 2 is 1.94 bits per heavy atom. The minimum Gasteiger partial charge on any atom is -0.332 e. The van der Waals surface area contributed by atoms with Crippen LogP contribution in [-0.4, -0.2) is 37.2 Å². The predicted molar refractivity (Wildman–Crippen MR) is 124 cm³/mol. The van der Waals surface area contributed by atoms with Crippen LogP contribution < -0.4 is 5.32 Å². The Balaban J connectivity index is 1.67. The van der Waals surface area contributed by atoms with Gasteiger partial charge in [0, 0.05) is 11.6 Å². The standard InChI is InChI=1S/C23H22ClF3N8/c1-14-18(9-10-20(30-14)23(25,26)27)31-22(29-13-28)34-11-3-4-19(34)21-33-32-15(2)35(21)12-16-5-7-17(24)8-6-16/h5-10,19H,3-4,11-12H2,1-2H3,(H,29,31)/t19-/m1/s1. The van der Waals surface area contributed by atoms with Crippen LogP contribution in [0.15, 0.2) is 41.4 Å². The topological polar surface area (TPSA) is 95.0 Å². The highest BCUT2D eigenvalue weighted by Crippen LogP contribution is 2.33. The van der Waals surface area contributed by atoms with Crippen molar-refractivity contribution in [3.63, 3.8) is 0 Å². The lowest BCUT2D eigenvalue weighted by atomic mass is 10.2. The van der Waals surface area contributed by atoms with Crippen LogP contribution in [0.4, 0.5) is 18.9 Å². The molecule has 4 rings (SSSR count). The lowest BCUT2D eigenvalue weighted by Crippen LogP contribution is -2.39. The molecule has 3 aromatic rings. The van der Waals surface area contributed by atoms with E-state index in [2.05, 4.69) is 25.5 Å². The van der Waals surface area contributed by atoms with E-state index in [0.29, 0.717) is 23.9 Å². The van der Waals surface area contributed by atoms with Gasteiger partial charge in [0.1, 0.15) is 11.5 Å². The second-order valence-electron chi connectivity index (χ2n) is 8.14. The number of nitrogens with zero attached hydrogens (tertiary/aromatic N) is 7. The number of rotatable bonds is 4. The molecule has 0 bridgehead atoms. The summed E-state index contributed by atoms with van der Waals surface area (Å²) in [6.07, 6.45) is -1.11. The summed E-state index contributed by atoms with van der Waals surface area (Å²) in [5.74, 6) is 1.67. The van der Waals surface area contributed by atoms with Crippen molar-refractivity contribution >= 4 is 23.2 Å². The number of benzene rings is 1. The molecule has 0 spiro atoms. The maximum atomic E-state index is 13.0. The van der Waals surface area contributed by atoms with Gasteiger partial charge >= 0.3 is 6.18 Å². The summed E-state index contributed by atoms with van der Waals surface area (Å²) in [4.78, 5) is 9.99. The number of guanidine groups is 1. The first-order valence-corrected chi connectivity index (χ1v) is 11.2. The van der Waals surface area contributed by atoms with Crippen molar-refractivity contribution < 1.29 is 13.2 Å². The van der Waals surface area contributed by atoms with Crippen molar-refractivity contribution in [2.24, 2.45) is 4.99 Å². The fraction of sp³-hybridized carbons (Fsp3) is 0.348. The van der Waals surface area contributed by atoms with Crippen LogP contribution in [0.3, 0.4) is 0 Å². The minimum atomic E-state index is -4.55. The van der Waals surface area contributed by atoms with Gasteiger partial charge in [-0.15, -0.1) is 10.2 Å². The van der Waals surface area contributed by atoms with E-state index in [0.717, 1.165) is 30.3 Å². The normalized spacial score (nSPS) is 16.4. The first-order valence-electron chi connectivity index (χ1n) is 10.9. The maximum Gasteiger partial charge on any atom is 0.433 e. The summed E-state index contributed by atoms with van der Waals surface area (Å²) >= 11 is 6.01. The molecule has 182 valence electrons. The second-order valence-corrected chi connectivity index (χ2v) is 8.58. The molecular formula is C23H22ClF3N8. The Bertz CT molecular complexity index is 1280. The van der Waals surface area contributed by atoms with Gasteiger partial charge in [0.2, 0.25) is 5.96 Å². The molecule has 8 nitrogen and oxygen atoms in total. The Labute approximate surface area is 205 Å². The lowest BCUT2D eigenvalue weighted by Gasteiger charge is -2.27. The number of aryl methyl sites for hydroxylation is 2. The van der Waals surface area contributed by atoms with E-state index in [1.807, 2.05) is 46.8 Å². The minimum absolute atomic E-state index is 0.106. The summed E-state index contributed by atoms with van der Waals surface area (Å²) < 4.78 is 41.0. The number of hydrogen-bond acceptors (Lipinski definition) is 5. The first-order chi connectivity index (χ1) is 16.7. The van der Waals surface area contributed by atoms with E-state index in [9.17, 15) is 18.4 Å². The SMILES string of the molecule is Cc1nc(C(F)(F)F)ccc1N=C(NC#N)N1CCC[C@@H]1c1nnc(C)n1Cc1ccc(Cl)cc1. The Morgan fingerprint density at radius 1 is 1.20 bits per heavy atom. The molecule has 1 saturated heterocycles. The molecule has 0 saturated carbocycles. The number of aliphatic imine (C=N–C) groups is 1. The van der Waals surface area contributed by atoms with E-state index in [-0.39, 0.29) is 23.4 Å². The van der Waals surface area contributed by atoms with Crippen LogP contribution >= 0.6 is 11.6 Å². The van der Waals surface area contributed by atoms with Gasteiger partial charge in [-0.1, -0.05) is 23.7 Å². The molecular weight excluding hydrogens is 481 g/mol. The number of hydrogen-bond donors (Lipinski definition) is 1. The molecule has 0 amide bonds. The average Bonchev–Trinajstić information content (AvgIpc) is 3.42. The molecule has 1 aliphatic heterocycles. The maximum absolute atomic E-state index is 13.0. The second kappa shape index (κ2) is 9.92. The summed E-state index contributed by atoms with van der Waals surface area (Å²) in [7, 11) is 0. The highest BCUT2D eigenvalue weighted by Gasteiger charge is 2.34. The zero-order valence-corrected chi connectivity index (χ0v) is 19.8. The van der Waals surface area contributed by atoms with Crippen molar-refractivity contribution in [1.29, 1.82) is 5.26 Å². The molecule has 35 heavy (non-hydrogen) atoms. The Kier molecular flexibility index (Phi) is 6.93. The molecule has 12 heteroatoms. The highest BCUT2D eigenvalue weighted by molar-refractivity contribution is 6.30. The fourth-order valence-corrected chi connectivity index (χ4v) is 4.18. The Morgan fingerprint density at radius 3 is 2.60 bits per heavy atom. The molecule has 1 fully saturated rings. The molecule has 2 aromatic heterocycles. The Hall–Kier alpha value is -3.65. The van der Waals surface area contributed by atoms with E-state index < -0.39 is 11.9 Å². The number of nitrogens with one attached hydrogen (secondary N) is 1. The summed E-state index contributed by atoms with van der Waals surface area (Å²) in [6.45, 7) is 4.44. The fourth-order valence-electron chi connectivity index (χ4n) is 4.06. The highest BCUT2D eigenvalue weighted by atomic mass is 35.5. The van der Waals surface area contributed by atoms with Gasteiger partial charge in [-0.3, -0.25) is 5.32 Å². The third-order valence-corrected chi connectivity index (χ3v) is 6.04. The van der Waals surface area contributed by atoms with Crippen molar-refractivity contribution in [1.82, 2.24) is 30.0 Å². The van der Waals surface area contributed by atoms with Crippen LogP contribution in [0.1, 0.15) is 47.5 Å². The van der Waals surface area contributed by atoms with Crippen LogP contribution in [0.5, 0.6) is 0 Å². The van der Waals surface area contributed by atoms with Gasteiger partial charge in [0.25, 0.3) is 0 Å². The largest absolute Gasteiger partial charge is 0.433 e. The van der Waals surface area contributed by atoms with E-state index in [1.165, 1.54) is 13.0 Å². The summed E-state index contributed by atoms with van der Waals surface area (Å²) in [6, 6.07) is 9.41. The lowest BCUT2D eigenvalue weighted by molar-refractivity contribution is -0.141. The van der Waals surface area contributed by atoms with Gasteiger partial charge in [-0.05, 0) is 56.5 Å². The average molecular weight is 503 g/mol. The van der Waals surface area contributed by atoms with Gasteiger partial charge in [-0.2, -0.15) is 18.4 Å². The number of aromatic nitrogens is 4. The number of halogens is 4. The molecule has 1 N–H and O–H groups in total. The van der Waals surface area contributed by atoms with Crippen molar-refractivity contribution in [2.75, 3.05) is 6.54 Å². The smallest absolute Gasteiger partial charge is 0.332 e. The number of alkyl halides is 3. The molecule has 0 radical (unpaired) electrons. The van der Waals surface area contributed by atoms with Crippen LogP contribution in [0, 0.1) is 25.3 Å². The summed E-state index contributed by atoms with van der Waals surface area (Å²) in [5, 5.41) is 21.3. The van der Waals surface area contributed by atoms with Gasteiger partial charge in [-0.25, -0.2) is 9.98 Å². The molecule has 1 aliphatic rings. The molecule has 0 aliphatic carbocycles. The monoisotopic (exact) mass is 502 g/mol. The zero-order valence-electron chi connectivity index (χ0n) is 19.0. The quantitative estimate of drug-likeness (QED) is 0.236. The van der Waals surface area contributed by atoms with Crippen molar-refractivity contribution in [2.45, 2.75) is 45.5 Å². The van der Waals surface area contributed by atoms with E-state index >= 15 is 0 Å². The third-order valence-electron chi connectivity index (χ3n) is 5.78. The van der Waals surface area contributed by atoms with Crippen LogP contribution in [0.2, 0.25) is 5.02 Å². The number of likely N-dealkylation sites (tertiary alicyclic amines) is 1. The van der Waals surface area contributed by atoms with Crippen molar-refractivity contribution in [3.8, 4) is 6.19 Å². The molecule has 0 unspecified atom stereocenters. The van der Waals surface area contributed by atoms with Gasteiger partial charge in [0.15, 0.2) is 12.0 Å². The summed E-state index contributed by atoms with van der Waals surface area (Å²) in [5.41, 5.74) is 0.377. The van der Waals surface area contributed by atoms with Crippen LogP contribution in [-0.2, 0) is 12.7 Å². The van der Waals surface area contributed by atoms with E-state index in [4.69, 9.17) is 11.6 Å². The predicted octanol–water partition coefficient (Wildman–Crippen LogP) is 4.91. The number of nitriles is 1.